The number of rotatable bonds is 5. The molecule has 1 saturated carbocycles. The molecular weight excluding hydrogens is 415 g/mol. The number of nitrogens with two attached hydrogens (primary N) is 1. The molecule has 32 heavy (non-hydrogen) atoms. The number of oxazole rings is 1. The van der Waals surface area contributed by atoms with Crippen molar-refractivity contribution >= 4 is 22.6 Å². The molecule has 1 aliphatic heterocycles. The van der Waals surface area contributed by atoms with Crippen molar-refractivity contribution in [1.82, 2.24) is 9.55 Å². The number of halogens is 1. The van der Waals surface area contributed by atoms with Crippen LogP contribution in [0.15, 0.2) is 27.7 Å². The number of hydrogen-bond acceptors (Lipinski definition) is 6. The van der Waals surface area contributed by atoms with Crippen molar-refractivity contribution in [2.75, 3.05) is 18.0 Å². The molecule has 3 heterocycles. The average molecular weight is 440 g/mol. The van der Waals surface area contributed by atoms with Gasteiger partial charge in [-0.2, -0.15) is 0 Å². The lowest BCUT2D eigenvalue weighted by atomic mass is 10.00. The lowest BCUT2D eigenvalue weighted by Crippen LogP contribution is -2.28. The highest BCUT2D eigenvalue weighted by Gasteiger charge is 2.34. The molecule has 1 aromatic carbocycles. The van der Waals surface area contributed by atoms with Crippen LogP contribution in [0, 0.1) is 25.6 Å². The number of nitrogens with zero attached hydrogens (tertiary/aromatic N) is 3. The number of benzene rings is 1. The lowest BCUT2D eigenvalue weighted by molar-refractivity contribution is 0.0695. The van der Waals surface area contributed by atoms with E-state index in [4.69, 9.17) is 10.2 Å². The molecule has 0 amide bonds. The van der Waals surface area contributed by atoms with Gasteiger partial charge in [0.05, 0.1) is 23.4 Å². The van der Waals surface area contributed by atoms with E-state index in [-0.39, 0.29) is 29.0 Å². The van der Waals surface area contributed by atoms with Crippen LogP contribution in [0.4, 0.5) is 10.1 Å². The fourth-order valence-electron chi connectivity index (χ4n) is 4.86. The van der Waals surface area contributed by atoms with E-state index in [1.54, 1.807) is 13.1 Å². The van der Waals surface area contributed by atoms with Gasteiger partial charge in [-0.3, -0.25) is 4.79 Å². The van der Waals surface area contributed by atoms with Gasteiger partial charge >= 0.3 is 5.97 Å². The molecule has 3 aromatic rings. The summed E-state index contributed by atoms with van der Waals surface area (Å²) in [6, 6.07) is 0.928. The smallest absolute Gasteiger partial charge is 0.341 e. The van der Waals surface area contributed by atoms with Gasteiger partial charge in [0.2, 0.25) is 11.3 Å². The summed E-state index contributed by atoms with van der Waals surface area (Å²) in [6.45, 7) is 4.76. The summed E-state index contributed by atoms with van der Waals surface area (Å²) < 4.78 is 22.8. The maximum Gasteiger partial charge on any atom is 0.341 e. The van der Waals surface area contributed by atoms with Crippen LogP contribution in [0.1, 0.15) is 58.9 Å². The van der Waals surface area contributed by atoms with E-state index in [2.05, 4.69) is 4.98 Å². The van der Waals surface area contributed by atoms with Crippen molar-refractivity contribution in [3.05, 3.63) is 57.3 Å². The first-order valence-electron chi connectivity index (χ1n) is 10.8. The molecular formula is C23H25FN4O4. The van der Waals surface area contributed by atoms with Gasteiger partial charge in [-0.05, 0) is 44.7 Å². The van der Waals surface area contributed by atoms with Crippen LogP contribution in [0.2, 0.25) is 0 Å². The number of carbonyl (C=O) groups is 1. The Hall–Kier alpha value is -3.20. The number of carboxylic acids is 1. The van der Waals surface area contributed by atoms with Crippen molar-refractivity contribution in [3.63, 3.8) is 0 Å². The Labute approximate surface area is 183 Å². The number of anilines is 1. The Balaban J connectivity index is 1.57. The Bertz CT molecular complexity index is 1290. The molecule has 0 radical (unpaired) electrons. The summed E-state index contributed by atoms with van der Waals surface area (Å²) in [7, 11) is 0. The third kappa shape index (κ3) is 3.28. The molecule has 1 saturated heterocycles. The first-order valence-corrected chi connectivity index (χ1v) is 10.8. The first kappa shape index (κ1) is 20.7. The predicted octanol–water partition coefficient (Wildman–Crippen LogP) is 3.30. The first-order chi connectivity index (χ1) is 15.3. The van der Waals surface area contributed by atoms with Crippen molar-refractivity contribution in [2.24, 2.45) is 11.7 Å². The number of aromatic nitrogens is 2. The minimum atomic E-state index is -1.30. The van der Waals surface area contributed by atoms with E-state index < -0.39 is 17.2 Å². The van der Waals surface area contributed by atoms with E-state index in [9.17, 15) is 14.7 Å². The standard InChI is InChI=1S/C23H25FN4O4/c1-11-8-26-22(32-11)18(25)13-5-6-27(9-13)20-12(2)19-15(7-17(20)24)21(29)16(23(30)31)10-28(19)14-3-4-14/h7-8,10,13-14,18H,3-6,9,25H2,1-2H3,(H,30,31). The summed E-state index contributed by atoms with van der Waals surface area (Å²) >= 11 is 0. The highest BCUT2D eigenvalue weighted by molar-refractivity contribution is 5.95. The maximum absolute atomic E-state index is 15.3. The van der Waals surface area contributed by atoms with Crippen LogP contribution in [-0.2, 0) is 0 Å². The zero-order valence-corrected chi connectivity index (χ0v) is 18.0. The van der Waals surface area contributed by atoms with Crippen LogP contribution in [-0.4, -0.2) is 33.7 Å². The topological polar surface area (TPSA) is 115 Å². The van der Waals surface area contributed by atoms with Crippen molar-refractivity contribution < 1.29 is 18.7 Å². The van der Waals surface area contributed by atoms with Gasteiger partial charge in [-0.1, -0.05) is 0 Å². The second kappa shape index (κ2) is 7.44. The number of aryl methyl sites for hydroxylation is 2. The second-order valence-corrected chi connectivity index (χ2v) is 8.87. The minimum Gasteiger partial charge on any atom is -0.477 e. The fourth-order valence-corrected chi connectivity index (χ4v) is 4.86. The molecule has 2 atom stereocenters. The zero-order chi connectivity index (χ0) is 22.7. The summed E-state index contributed by atoms with van der Waals surface area (Å²) in [5, 5.41) is 9.56. The monoisotopic (exact) mass is 440 g/mol. The van der Waals surface area contributed by atoms with Crippen molar-refractivity contribution in [2.45, 2.75) is 45.2 Å². The van der Waals surface area contributed by atoms with Gasteiger partial charge in [-0.25, -0.2) is 14.2 Å². The van der Waals surface area contributed by atoms with Gasteiger partial charge in [-0.15, -0.1) is 0 Å². The largest absolute Gasteiger partial charge is 0.477 e. The molecule has 0 bridgehead atoms. The number of aromatic carboxylic acids is 1. The fraction of sp³-hybridized carbons (Fsp3) is 0.435. The van der Waals surface area contributed by atoms with Gasteiger partial charge in [0.1, 0.15) is 17.1 Å². The number of carboxylic acid groups (broad SMARTS) is 1. The molecule has 3 N–H and O–H groups in total. The minimum absolute atomic E-state index is 0.0440. The zero-order valence-electron chi connectivity index (χ0n) is 18.0. The highest BCUT2D eigenvalue weighted by atomic mass is 19.1. The van der Waals surface area contributed by atoms with E-state index in [1.165, 1.54) is 12.3 Å². The van der Waals surface area contributed by atoms with Crippen LogP contribution >= 0.6 is 0 Å². The van der Waals surface area contributed by atoms with Gasteiger partial charge in [0, 0.05) is 36.6 Å². The van der Waals surface area contributed by atoms with Gasteiger partial charge < -0.3 is 24.7 Å². The SMILES string of the molecule is Cc1cnc(C(N)C2CCN(c3c(F)cc4c(=O)c(C(=O)O)cn(C5CC5)c4c3C)C2)o1. The molecule has 0 spiro atoms. The molecule has 2 aromatic heterocycles. The van der Waals surface area contributed by atoms with Crippen molar-refractivity contribution in [1.29, 1.82) is 0 Å². The molecule has 8 nitrogen and oxygen atoms in total. The lowest BCUT2D eigenvalue weighted by Gasteiger charge is -2.25. The van der Waals surface area contributed by atoms with Crippen molar-refractivity contribution in [3.8, 4) is 0 Å². The summed E-state index contributed by atoms with van der Waals surface area (Å²) in [6.07, 6.45) is 5.61. The van der Waals surface area contributed by atoms with Gasteiger partial charge in [0.15, 0.2) is 0 Å². The molecule has 2 unspecified atom stereocenters. The molecule has 9 heteroatoms. The molecule has 1 aliphatic carbocycles. The van der Waals surface area contributed by atoms with Crippen LogP contribution in [0.5, 0.6) is 0 Å². The van der Waals surface area contributed by atoms with E-state index in [1.807, 2.05) is 16.4 Å². The Morgan fingerprint density at radius 1 is 1.34 bits per heavy atom. The number of fused-ring (bicyclic) bond motifs is 1. The normalized spacial score (nSPS) is 19.6. The molecule has 2 fully saturated rings. The van der Waals surface area contributed by atoms with E-state index in [0.29, 0.717) is 41.5 Å². The van der Waals surface area contributed by atoms with E-state index in [0.717, 1.165) is 19.3 Å². The predicted molar refractivity (Wildman–Crippen MR) is 117 cm³/mol. The number of pyridine rings is 1. The van der Waals surface area contributed by atoms with Crippen LogP contribution < -0.4 is 16.1 Å². The maximum atomic E-state index is 15.3. The average Bonchev–Trinajstić information content (AvgIpc) is 3.31. The Morgan fingerprint density at radius 2 is 2.09 bits per heavy atom. The second-order valence-electron chi connectivity index (χ2n) is 8.87. The summed E-state index contributed by atoms with van der Waals surface area (Å²) in [5.74, 6) is -0.610. The van der Waals surface area contributed by atoms with Crippen LogP contribution in [0.3, 0.4) is 0 Å². The Morgan fingerprint density at radius 3 is 2.72 bits per heavy atom. The van der Waals surface area contributed by atoms with E-state index >= 15 is 4.39 Å². The Kier molecular flexibility index (Phi) is 4.81. The van der Waals surface area contributed by atoms with Crippen LogP contribution in [0.25, 0.3) is 10.9 Å². The summed E-state index contributed by atoms with van der Waals surface area (Å²) in [4.78, 5) is 30.6. The molecule has 2 aliphatic rings. The molecule has 5 rings (SSSR count). The molecule has 168 valence electrons. The summed E-state index contributed by atoms with van der Waals surface area (Å²) in [5.41, 5.74) is 7.08. The number of hydrogen-bond donors (Lipinski definition) is 2. The highest BCUT2D eigenvalue weighted by Crippen LogP contribution is 2.41. The van der Waals surface area contributed by atoms with Gasteiger partial charge in [0.25, 0.3) is 0 Å². The quantitative estimate of drug-likeness (QED) is 0.625. The third-order valence-electron chi connectivity index (χ3n) is 6.62. The third-order valence-corrected chi connectivity index (χ3v) is 6.62.